The zero-order chi connectivity index (χ0) is 14.3. The Kier molecular flexibility index (Phi) is 3.25. The number of nitrogens with one attached hydrogen (secondary N) is 1. The Hall–Kier alpha value is -1.82. The summed E-state index contributed by atoms with van der Waals surface area (Å²) in [6.45, 7) is 0.780. The van der Waals surface area contributed by atoms with E-state index in [2.05, 4.69) is 26.2 Å². The van der Waals surface area contributed by atoms with Crippen LogP contribution in [0.1, 0.15) is 6.42 Å². The highest BCUT2D eigenvalue weighted by Gasteiger charge is 2.29. The van der Waals surface area contributed by atoms with Crippen LogP contribution < -0.4 is 11.1 Å². The second-order valence-corrected chi connectivity index (χ2v) is 5.91. The first-order valence-corrected chi connectivity index (χ1v) is 7.21. The predicted molar refractivity (Wildman–Crippen MR) is 83.5 cm³/mol. The fourth-order valence-corrected chi connectivity index (χ4v) is 2.81. The number of aromatic nitrogens is 1. The van der Waals surface area contributed by atoms with E-state index in [-0.39, 0.29) is 11.9 Å². The van der Waals surface area contributed by atoms with Gasteiger partial charge in [-0.3, -0.25) is 9.78 Å². The number of nitrogen functional groups attached to an aromatic ring is 1. The number of hydrogen-bond donors (Lipinski definition) is 2. The number of pyridine rings is 1. The van der Waals surface area contributed by atoms with E-state index in [0.717, 1.165) is 34.0 Å². The fourth-order valence-electron chi connectivity index (χ4n) is 2.48. The smallest absolute Gasteiger partial charge is 0.244 e. The van der Waals surface area contributed by atoms with E-state index < -0.39 is 0 Å². The zero-order valence-corrected chi connectivity index (χ0v) is 12.6. The topological polar surface area (TPSA) is 71.2 Å². The number of likely N-dealkylation sites (N-methyl/N-ethyl adjacent to an activating group) is 1. The minimum Gasteiger partial charge on any atom is -0.398 e. The first kappa shape index (κ1) is 13.2. The second kappa shape index (κ2) is 4.94. The van der Waals surface area contributed by atoms with E-state index in [0.29, 0.717) is 5.69 Å². The summed E-state index contributed by atoms with van der Waals surface area (Å²) in [5.74, 6) is 0.118. The summed E-state index contributed by atoms with van der Waals surface area (Å²) >= 11 is 3.40. The summed E-state index contributed by atoms with van der Waals surface area (Å²) in [5.41, 5.74) is 8.29. The molecule has 1 aliphatic rings. The molecule has 3 rings (SSSR count). The van der Waals surface area contributed by atoms with Crippen molar-refractivity contribution >= 4 is 44.1 Å². The molecule has 5 nitrogen and oxygen atoms in total. The van der Waals surface area contributed by atoms with Gasteiger partial charge in [0.15, 0.2) is 0 Å². The van der Waals surface area contributed by atoms with E-state index in [1.54, 1.807) is 11.1 Å². The lowest BCUT2D eigenvalue weighted by molar-refractivity contribution is -0.127. The van der Waals surface area contributed by atoms with Crippen LogP contribution in [-0.4, -0.2) is 35.4 Å². The second-order valence-electron chi connectivity index (χ2n) is 5.00. The van der Waals surface area contributed by atoms with Gasteiger partial charge in [-0.1, -0.05) is 0 Å². The molecule has 3 N–H and O–H groups in total. The number of fused-ring (bicyclic) bond motifs is 1. The number of rotatable bonds is 2. The molecule has 20 heavy (non-hydrogen) atoms. The van der Waals surface area contributed by atoms with Crippen molar-refractivity contribution in [1.82, 2.24) is 9.88 Å². The number of nitrogens with zero attached hydrogens (tertiary/aromatic N) is 2. The molecule has 2 aromatic rings. The standard InChI is InChI=1S/C14H15BrN4O/c1-19-5-4-12(14(19)20)18-11-3-2-10(16)9-6-8(15)7-17-13(9)11/h2-3,6-7,12,18H,4-5,16H2,1H3. The summed E-state index contributed by atoms with van der Waals surface area (Å²) < 4.78 is 0.880. The number of carbonyl (C=O) groups is 1. The Labute approximate surface area is 125 Å². The Morgan fingerprint density at radius 2 is 2.30 bits per heavy atom. The lowest BCUT2D eigenvalue weighted by Gasteiger charge is -2.15. The van der Waals surface area contributed by atoms with Gasteiger partial charge in [-0.15, -0.1) is 0 Å². The molecule has 6 heteroatoms. The summed E-state index contributed by atoms with van der Waals surface area (Å²) in [4.78, 5) is 18.1. The minimum absolute atomic E-state index is 0.118. The molecule has 0 radical (unpaired) electrons. The molecule has 0 spiro atoms. The molecule has 1 fully saturated rings. The van der Waals surface area contributed by atoms with Gasteiger partial charge in [0.05, 0.1) is 11.2 Å². The molecule has 2 heterocycles. The van der Waals surface area contributed by atoms with E-state index in [4.69, 9.17) is 5.73 Å². The molecule has 1 aromatic carbocycles. The van der Waals surface area contributed by atoms with Gasteiger partial charge in [-0.25, -0.2) is 0 Å². The highest BCUT2D eigenvalue weighted by atomic mass is 79.9. The molecule has 1 atom stereocenters. The fraction of sp³-hybridized carbons (Fsp3) is 0.286. The maximum Gasteiger partial charge on any atom is 0.244 e. The molecule has 1 unspecified atom stereocenters. The number of nitrogens with two attached hydrogens (primary N) is 1. The van der Waals surface area contributed by atoms with Crippen molar-refractivity contribution in [3.63, 3.8) is 0 Å². The first-order valence-electron chi connectivity index (χ1n) is 6.41. The molecule has 1 aromatic heterocycles. The van der Waals surface area contributed by atoms with E-state index in [9.17, 15) is 4.79 Å². The molecule has 0 aliphatic carbocycles. The normalized spacial score (nSPS) is 18.8. The number of halogens is 1. The number of carbonyl (C=O) groups excluding carboxylic acids is 1. The highest BCUT2D eigenvalue weighted by Crippen LogP contribution is 2.30. The molecule has 1 saturated heterocycles. The largest absolute Gasteiger partial charge is 0.398 e. The van der Waals surface area contributed by atoms with Crippen LogP contribution in [0, 0.1) is 0 Å². The Morgan fingerprint density at radius 1 is 1.50 bits per heavy atom. The van der Waals surface area contributed by atoms with E-state index in [1.807, 2.05) is 25.2 Å². The van der Waals surface area contributed by atoms with Gasteiger partial charge in [0.25, 0.3) is 0 Å². The van der Waals surface area contributed by atoms with Gasteiger partial charge in [0.2, 0.25) is 5.91 Å². The Bertz CT molecular complexity index is 688. The third-order valence-corrected chi connectivity index (χ3v) is 4.04. The van der Waals surface area contributed by atoms with Gasteiger partial charge in [0.1, 0.15) is 6.04 Å². The molecule has 104 valence electrons. The SMILES string of the molecule is CN1CCC(Nc2ccc(N)c3cc(Br)cnc23)C1=O. The number of anilines is 2. The minimum atomic E-state index is -0.183. The zero-order valence-electron chi connectivity index (χ0n) is 11.1. The predicted octanol–water partition coefficient (Wildman–Crippen LogP) is 2.22. The lowest BCUT2D eigenvalue weighted by atomic mass is 10.1. The summed E-state index contributed by atoms with van der Waals surface area (Å²) in [7, 11) is 1.82. The average molecular weight is 335 g/mol. The van der Waals surface area contributed by atoms with Crippen LogP contribution in [0.3, 0.4) is 0 Å². The number of likely N-dealkylation sites (tertiary alicyclic amines) is 1. The molecule has 1 amide bonds. The van der Waals surface area contributed by atoms with Crippen LogP contribution >= 0.6 is 15.9 Å². The number of amides is 1. The number of benzene rings is 1. The van der Waals surface area contributed by atoms with Crippen LogP contribution in [0.4, 0.5) is 11.4 Å². The molecule has 0 saturated carbocycles. The van der Waals surface area contributed by atoms with Crippen molar-refractivity contribution < 1.29 is 4.79 Å². The van der Waals surface area contributed by atoms with Crippen molar-refractivity contribution in [2.75, 3.05) is 24.6 Å². The van der Waals surface area contributed by atoms with Crippen LogP contribution in [0.2, 0.25) is 0 Å². The summed E-state index contributed by atoms with van der Waals surface area (Å²) in [6.07, 6.45) is 2.53. The third kappa shape index (κ3) is 2.20. The van der Waals surface area contributed by atoms with Gasteiger partial charge in [-0.2, -0.15) is 0 Å². The van der Waals surface area contributed by atoms with Gasteiger partial charge >= 0.3 is 0 Å². The van der Waals surface area contributed by atoms with Gasteiger partial charge in [-0.05, 0) is 40.5 Å². The van der Waals surface area contributed by atoms with Gasteiger partial charge < -0.3 is 16.0 Å². The lowest BCUT2D eigenvalue weighted by Crippen LogP contribution is -2.31. The molecular formula is C14H15BrN4O. The summed E-state index contributed by atoms with van der Waals surface area (Å²) in [5, 5.41) is 4.16. The molecule has 0 bridgehead atoms. The van der Waals surface area contributed by atoms with Crippen LogP contribution in [0.15, 0.2) is 28.9 Å². The van der Waals surface area contributed by atoms with Crippen LogP contribution in [0.5, 0.6) is 0 Å². The first-order chi connectivity index (χ1) is 9.56. The van der Waals surface area contributed by atoms with Crippen LogP contribution in [0.25, 0.3) is 10.9 Å². The van der Waals surface area contributed by atoms with Crippen molar-refractivity contribution in [2.24, 2.45) is 0 Å². The third-order valence-electron chi connectivity index (χ3n) is 3.61. The maximum absolute atomic E-state index is 12.0. The Morgan fingerprint density at radius 3 is 3.00 bits per heavy atom. The van der Waals surface area contributed by atoms with E-state index >= 15 is 0 Å². The number of hydrogen-bond acceptors (Lipinski definition) is 4. The monoisotopic (exact) mass is 334 g/mol. The van der Waals surface area contributed by atoms with Crippen molar-refractivity contribution in [1.29, 1.82) is 0 Å². The van der Waals surface area contributed by atoms with Crippen molar-refractivity contribution in [3.8, 4) is 0 Å². The van der Waals surface area contributed by atoms with E-state index in [1.165, 1.54) is 0 Å². The maximum atomic E-state index is 12.0. The molecule has 1 aliphatic heterocycles. The van der Waals surface area contributed by atoms with Crippen molar-refractivity contribution in [2.45, 2.75) is 12.5 Å². The van der Waals surface area contributed by atoms with Crippen molar-refractivity contribution in [3.05, 3.63) is 28.9 Å². The average Bonchev–Trinajstić information content (AvgIpc) is 2.74. The van der Waals surface area contributed by atoms with Gasteiger partial charge in [0, 0.05) is 35.3 Å². The Balaban J connectivity index is 2.00. The molecular weight excluding hydrogens is 320 g/mol. The summed E-state index contributed by atoms with van der Waals surface area (Å²) in [6, 6.07) is 5.47. The highest BCUT2D eigenvalue weighted by molar-refractivity contribution is 9.10. The van der Waals surface area contributed by atoms with Crippen LogP contribution in [-0.2, 0) is 4.79 Å². The quantitative estimate of drug-likeness (QED) is 0.826.